The fraction of sp³-hybridized carbons (Fsp3) is 0. The van der Waals surface area contributed by atoms with Crippen LogP contribution in [0.4, 0.5) is 5.82 Å². The average Bonchev–Trinajstić information content (AvgIpc) is 2.30. The monoisotopic (exact) mass is 258 g/mol. The maximum absolute atomic E-state index is 5.69. The molecule has 1 aromatic carbocycles. The zero-order valence-corrected chi connectivity index (χ0v) is 7.92. The Bertz CT molecular complexity index is 392. The molecular formula is C8H7IN2. The van der Waals surface area contributed by atoms with Gasteiger partial charge in [0, 0.05) is 10.9 Å². The molecule has 0 bridgehead atoms. The second kappa shape index (κ2) is 2.41. The molecule has 56 valence electrons. The Balaban J connectivity index is 2.92. The highest BCUT2D eigenvalue weighted by atomic mass is 127. The van der Waals surface area contributed by atoms with Crippen LogP contribution in [0.1, 0.15) is 0 Å². The van der Waals surface area contributed by atoms with Gasteiger partial charge in [-0.3, -0.25) is 0 Å². The summed E-state index contributed by atoms with van der Waals surface area (Å²) < 4.78 is 1.11. The first kappa shape index (κ1) is 6.97. The first-order chi connectivity index (χ1) is 5.29. The summed E-state index contributed by atoms with van der Waals surface area (Å²) in [6, 6.07) is 8.09. The second-order valence-electron chi connectivity index (χ2n) is 2.40. The largest absolute Gasteiger partial charge is 0.384 e. The van der Waals surface area contributed by atoms with Gasteiger partial charge in [0.1, 0.15) is 5.82 Å². The number of hydrogen-bond donors (Lipinski definition) is 2. The lowest BCUT2D eigenvalue weighted by Gasteiger charge is -1.86. The van der Waals surface area contributed by atoms with Crippen molar-refractivity contribution in [2.24, 2.45) is 0 Å². The summed E-state index contributed by atoms with van der Waals surface area (Å²) in [5.41, 5.74) is 6.80. The van der Waals surface area contributed by atoms with Crippen LogP contribution in [0, 0.1) is 3.57 Å². The first-order valence-corrected chi connectivity index (χ1v) is 4.38. The minimum atomic E-state index is 0.756. The standard InChI is InChI=1S/C8H7IN2/c9-7-5-3-1-2-4-6(5)11-8(7)10/h1-4,11H,10H2. The molecular weight excluding hydrogens is 251 g/mol. The number of hydrogen-bond acceptors (Lipinski definition) is 1. The van der Waals surface area contributed by atoms with Crippen LogP contribution in [0.2, 0.25) is 0 Å². The Hall–Kier alpha value is -0.710. The predicted octanol–water partition coefficient (Wildman–Crippen LogP) is 2.35. The third kappa shape index (κ3) is 0.994. The van der Waals surface area contributed by atoms with Crippen LogP contribution in [-0.4, -0.2) is 4.98 Å². The highest BCUT2D eigenvalue weighted by Crippen LogP contribution is 2.24. The van der Waals surface area contributed by atoms with Gasteiger partial charge in [-0.05, 0) is 28.7 Å². The summed E-state index contributed by atoms with van der Waals surface area (Å²) in [5.74, 6) is 0.756. The molecule has 3 N–H and O–H groups in total. The SMILES string of the molecule is Nc1[nH]c2ccccc2c1I. The molecule has 0 aliphatic rings. The Morgan fingerprint density at radius 1 is 1.27 bits per heavy atom. The van der Waals surface area contributed by atoms with E-state index in [1.165, 1.54) is 5.39 Å². The maximum atomic E-state index is 5.69. The smallest absolute Gasteiger partial charge is 0.115 e. The van der Waals surface area contributed by atoms with Gasteiger partial charge in [0.25, 0.3) is 0 Å². The molecule has 0 amide bonds. The molecule has 1 heterocycles. The van der Waals surface area contributed by atoms with Gasteiger partial charge in [-0.25, -0.2) is 0 Å². The van der Waals surface area contributed by atoms with E-state index in [2.05, 4.69) is 33.6 Å². The van der Waals surface area contributed by atoms with Crippen molar-refractivity contribution in [2.45, 2.75) is 0 Å². The second-order valence-corrected chi connectivity index (χ2v) is 3.48. The van der Waals surface area contributed by atoms with Crippen molar-refractivity contribution in [2.75, 3.05) is 5.73 Å². The topological polar surface area (TPSA) is 41.8 Å². The molecule has 0 aliphatic carbocycles. The summed E-state index contributed by atoms with van der Waals surface area (Å²) >= 11 is 2.24. The Labute approximate surface area is 77.9 Å². The number of para-hydroxylation sites is 1. The molecule has 0 unspecified atom stereocenters. The molecule has 11 heavy (non-hydrogen) atoms. The Kier molecular flexibility index (Phi) is 1.52. The zero-order chi connectivity index (χ0) is 7.84. The Morgan fingerprint density at radius 2 is 2.00 bits per heavy atom. The van der Waals surface area contributed by atoms with Crippen LogP contribution >= 0.6 is 22.6 Å². The Morgan fingerprint density at radius 3 is 2.73 bits per heavy atom. The minimum absolute atomic E-state index is 0.756. The molecule has 0 spiro atoms. The molecule has 0 radical (unpaired) electrons. The lowest BCUT2D eigenvalue weighted by atomic mass is 10.2. The number of halogens is 1. The van der Waals surface area contributed by atoms with E-state index >= 15 is 0 Å². The minimum Gasteiger partial charge on any atom is -0.384 e. The molecule has 0 aliphatic heterocycles. The molecule has 0 atom stereocenters. The van der Waals surface area contributed by atoms with E-state index in [1.807, 2.05) is 18.2 Å². The van der Waals surface area contributed by atoms with Crippen molar-refractivity contribution in [3.8, 4) is 0 Å². The van der Waals surface area contributed by atoms with Crippen LogP contribution in [0.25, 0.3) is 10.9 Å². The summed E-state index contributed by atoms with van der Waals surface area (Å²) in [7, 11) is 0. The molecule has 0 fully saturated rings. The molecule has 0 saturated carbocycles. The number of H-pyrrole nitrogens is 1. The predicted molar refractivity (Wildman–Crippen MR) is 55.4 cm³/mol. The number of benzene rings is 1. The number of fused-ring (bicyclic) bond motifs is 1. The summed E-state index contributed by atoms with van der Waals surface area (Å²) in [5, 5.41) is 1.20. The molecule has 2 aromatic rings. The number of aromatic amines is 1. The molecule has 1 aromatic heterocycles. The number of anilines is 1. The van der Waals surface area contributed by atoms with Crippen molar-refractivity contribution in [3.63, 3.8) is 0 Å². The van der Waals surface area contributed by atoms with Crippen LogP contribution < -0.4 is 5.73 Å². The number of aromatic nitrogens is 1. The summed E-state index contributed by atoms with van der Waals surface area (Å²) in [6.45, 7) is 0. The van der Waals surface area contributed by atoms with Gasteiger partial charge in [-0.1, -0.05) is 18.2 Å². The quantitative estimate of drug-likeness (QED) is 0.700. The van der Waals surface area contributed by atoms with Gasteiger partial charge in [0.2, 0.25) is 0 Å². The van der Waals surface area contributed by atoms with Gasteiger partial charge in [0.05, 0.1) is 3.57 Å². The fourth-order valence-corrected chi connectivity index (χ4v) is 1.73. The van der Waals surface area contributed by atoms with Gasteiger partial charge in [-0.15, -0.1) is 0 Å². The van der Waals surface area contributed by atoms with Gasteiger partial charge in [0.15, 0.2) is 0 Å². The van der Waals surface area contributed by atoms with Gasteiger partial charge in [-0.2, -0.15) is 0 Å². The van der Waals surface area contributed by atoms with Crippen molar-refractivity contribution < 1.29 is 0 Å². The lowest BCUT2D eigenvalue weighted by Crippen LogP contribution is -1.84. The molecule has 2 nitrogen and oxygen atoms in total. The maximum Gasteiger partial charge on any atom is 0.115 e. The average molecular weight is 258 g/mol. The number of nitrogen functional groups attached to an aromatic ring is 1. The highest BCUT2D eigenvalue weighted by molar-refractivity contribution is 14.1. The van der Waals surface area contributed by atoms with Crippen LogP contribution in [0.5, 0.6) is 0 Å². The normalized spacial score (nSPS) is 10.6. The summed E-state index contributed by atoms with van der Waals surface area (Å²) in [4.78, 5) is 3.10. The highest BCUT2D eigenvalue weighted by Gasteiger charge is 2.03. The number of nitrogens with two attached hydrogens (primary N) is 1. The molecule has 2 rings (SSSR count). The van der Waals surface area contributed by atoms with Crippen molar-refractivity contribution in [1.82, 2.24) is 4.98 Å². The van der Waals surface area contributed by atoms with E-state index in [-0.39, 0.29) is 0 Å². The van der Waals surface area contributed by atoms with Crippen LogP contribution in [0.15, 0.2) is 24.3 Å². The first-order valence-electron chi connectivity index (χ1n) is 3.31. The van der Waals surface area contributed by atoms with Crippen molar-refractivity contribution >= 4 is 39.3 Å². The van der Waals surface area contributed by atoms with Crippen molar-refractivity contribution in [1.29, 1.82) is 0 Å². The van der Waals surface area contributed by atoms with Gasteiger partial charge < -0.3 is 10.7 Å². The van der Waals surface area contributed by atoms with E-state index in [4.69, 9.17) is 5.73 Å². The van der Waals surface area contributed by atoms with E-state index in [9.17, 15) is 0 Å². The van der Waals surface area contributed by atoms with E-state index in [0.717, 1.165) is 14.9 Å². The third-order valence-corrected chi connectivity index (χ3v) is 2.83. The number of nitrogens with one attached hydrogen (secondary N) is 1. The molecule has 0 saturated heterocycles. The fourth-order valence-electron chi connectivity index (χ4n) is 1.13. The van der Waals surface area contributed by atoms with E-state index in [1.54, 1.807) is 0 Å². The number of rotatable bonds is 0. The third-order valence-electron chi connectivity index (χ3n) is 1.67. The zero-order valence-electron chi connectivity index (χ0n) is 5.76. The van der Waals surface area contributed by atoms with E-state index < -0.39 is 0 Å². The molecule has 3 heteroatoms. The van der Waals surface area contributed by atoms with E-state index in [0.29, 0.717) is 0 Å². The van der Waals surface area contributed by atoms with Crippen LogP contribution in [0.3, 0.4) is 0 Å². The van der Waals surface area contributed by atoms with Gasteiger partial charge >= 0.3 is 0 Å². The van der Waals surface area contributed by atoms with Crippen LogP contribution in [-0.2, 0) is 0 Å². The lowest BCUT2D eigenvalue weighted by molar-refractivity contribution is 1.46. The summed E-state index contributed by atoms with van der Waals surface area (Å²) in [6.07, 6.45) is 0. The van der Waals surface area contributed by atoms with Crippen molar-refractivity contribution in [3.05, 3.63) is 27.8 Å².